The number of para-hydroxylation sites is 1. The zero-order chi connectivity index (χ0) is 24.2. The van der Waals surface area contributed by atoms with Crippen molar-refractivity contribution in [1.82, 2.24) is 0 Å². The maximum Gasteiger partial charge on any atom is 0.283 e. The Labute approximate surface area is 203 Å². The van der Waals surface area contributed by atoms with Crippen molar-refractivity contribution in [2.24, 2.45) is 0 Å². The molecular formula is C27H24ClN3O3. The van der Waals surface area contributed by atoms with Crippen molar-refractivity contribution in [3.8, 4) is 0 Å². The van der Waals surface area contributed by atoms with E-state index >= 15 is 0 Å². The Morgan fingerprint density at radius 3 is 2.32 bits per heavy atom. The summed E-state index contributed by atoms with van der Waals surface area (Å²) in [6, 6.07) is 21.5. The SMILES string of the molecule is CCc1ccc(N2C(=O)C(Cl)=C(Nc3cccc(C(=O)Nc4ccccc4CC)c3)C2=O)cc1. The number of imide groups is 1. The van der Waals surface area contributed by atoms with Crippen LogP contribution in [0.2, 0.25) is 0 Å². The monoisotopic (exact) mass is 473 g/mol. The zero-order valence-corrected chi connectivity index (χ0v) is 19.6. The van der Waals surface area contributed by atoms with Crippen molar-refractivity contribution in [1.29, 1.82) is 0 Å². The van der Waals surface area contributed by atoms with Gasteiger partial charge in [0, 0.05) is 16.9 Å². The summed E-state index contributed by atoms with van der Waals surface area (Å²) in [5.74, 6) is -1.43. The van der Waals surface area contributed by atoms with Gasteiger partial charge in [-0.2, -0.15) is 0 Å². The first kappa shape index (κ1) is 23.3. The number of anilines is 3. The lowest BCUT2D eigenvalue weighted by Gasteiger charge is -2.15. The molecule has 0 fully saturated rings. The molecule has 3 aromatic carbocycles. The number of hydrogen-bond acceptors (Lipinski definition) is 4. The fourth-order valence-corrected chi connectivity index (χ4v) is 3.97. The molecule has 172 valence electrons. The molecule has 1 heterocycles. The molecule has 0 saturated carbocycles. The van der Waals surface area contributed by atoms with Crippen molar-refractivity contribution in [2.45, 2.75) is 26.7 Å². The number of nitrogens with zero attached hydrogens (tertiary/aromatic N) is 1. The van der Waals surface area contributed by atoms with Crippen LogP contribution in [0.15, 0.2) is 83.5 Å². The number of benzene rings is 3. The molecule has 7 heteroatoms. The van der Waals surface area contributed by atoms with Crippen molar-refractivity contribution in [2.75, 3.05) is 15.5 Å². The second-order valence-electron chi connectivity index (χ2n) is 7.83. The number of halogens is 1. The van der Waals surface area contributed by atoms with Crippen molar-refractivity contribution in [3.63, 3.8) is 0 Å². The van der Waals surface area contributed by atoms with Gasteiger partial charge >= 0.3 is 0 Å². The largest absolute Gasteiger partial charge is 0.350 e. The summed E-state index contributed by atoms with van der Waals surface area (Å²) in [5.41, 5.74) is 4.16. The van der Waals surface area contributed by atoms with Gasteiger partial charge in [0.1, 0.15) is 10.7 Å². The fraction of sp³-hybridized carbons (Fsp3) is 0.148. The van der Waals surface area contributed by atoms with Crippen molar-refractivity contribution in [3.05, 3.63) is 100 Å². The number of aryl methyl sites for hydroxylation is 2. The minimum atomic E-state index is -0.594. The zero-order valence-electron chi connectivity index (χ0n) is 18.9. The van der Waals surface area contributed by atoms with Crippen LogP contribution in [0.5, 0.6) is 0 Å². The predicted octanol–water partition coefficient (Wildman–Crippen LogP) is 5.50. The normalized spacial score (nSPS) is 13.4. The molecule has 3 aromatic rings. The Bertz CT molecular complexity index is 1300. The van der Waals surface area contributed by atoms with Crippen molar-refractivity contribution < 1.29 is 14.4 Å². The molecule has 1 aliphatic heterocycles. The van der Waals surface area contributed by atoms with E-state index in [9.17, 15) is 14.4 Å². The van der Waals surface area contributed by atoms with E-state index in [1.54, 1.807) is 36.4 Å². The Morgan fingerprint density at radius 1 is 0.882 bits per heavy atom. The Kier molecular flexibility index (Phi) is 6.80. The molecule has 0 aliphatic carbocycles. The third-order valence-corrected chi connectivity index (χ3v) is 6.02. The molecule has 0 unspecified atom stereocenters. The fourth-order valence-electron chi connectivity index (χ4n) is 3.75. The highest BCUT2D eigenvalue weighted by Crippen LogP contribution is 2.30. The summed E-state index contributed by atoms with van der Waals surface area (Å²) in [5, 5.41) is 5.66. The Morgan fingerprint density at radius 2 is 1.62 bits per heavy atom. The van der Waals surface area contributed by atoms with E-state index in [-0.39, 0.29) is 16.6 Å². The van der Waals surface area contributed by atoms with Gasteiger partial charge in [0.2, 0.25) is 0 Å². The first-order chi connectivity index (χ1) is 16.4. The highest BCUT2D eigenvalue weighted by atomic mass is 35.5. The lowest BCUT2D eigenvalue weighted by molar-refractivity contribution is -0.120. The lowest BCUT2D eigenvalue weighted by Crippen LogP contribution is -2.32. The molecule has 34 heavy (non-hydrogen) atoms. The summed E-state index contributed by atoms with van der Waals surface area (Å²) in [4.78, 5) is 39.6. The molecule has 0 bridgehead atoms. The van der Waals surface area contributed by atoms with Crippen LogP contribution in [0.3, 0.4) is 0 Å². The molecule has 0 saturated heterocycles. The van der Waals surface area contributed by atoms with Gasteiger partial charge in [0.15, 0.2) is 0 Å². The summed E-state index contributed by atoms with van der Waals surface area (Å²) in [7, 11) is 0. The molecule has 0 spiro atoms. The maximum absolute atomic E-state index is 13.0. The molecule has 0 atom stereocenters. The molecule has 0 aromatic heterocycles. The number of carbonyl (C=O) groups excluding carboxylic acids is 3. The first-order valence-corrected chi connectivity index (χ1v) is 11.4. The van der Waals surface area contributed by atoms with Gasteiger partial charge < -0.3 is 10.6 Å². The smallest absolute Gasteiger partial charge is 0.283 e. The van der Waals surface area contributed by atoms with Gasteiger partial charge in [-0.05, 0) is 60.4 Å². The van der Waals surface area contributed by atoms with Gasteiger partial charge in [-0.1, -0.05) is 61.8 Å². The van der Waals surface area contributed by atoms with E-state index < -0.39 is 11.8 Å². The number of hydrogen-bond donors (Lipinski definition) is 2. The Balaban J connectivity index is 1.53. The van der Waals surface area contributed by atoms with Crippen LogP contribution >= 0.6 is 11.6 Å². The summed E-state index contributed by atoms with van der Waals surface area (Å²) >= 11 is 6.25. The van der Waals surface area contributed by atoms with E-state index in [4.69, 9.17) is 11.6 Å². The molecule has 2 N–H and O–H groups in total. The second kappa shape index (κ2) is 9.93. The van der Waals surface area contributed by atoms with Gasteiger partial charge in [-0.25, -0.2) is 4.90 Å². The molecule has 1 aliphatic rings. The van der Waals surface area contributed by atoms with Crippen LogP contribution in [0, 0.1) is 0 Å². The van der Waals surface area contributed by atoms with Gasteiger partial charge in [-0.3, -0.25) is 14.4 Å². The molecule has 0 radical (unpaired) electrons. The third-order valence-electron chi connectivity index (χ3n) is 5.67. The minimum Gasteiger partial charge on any atom is -0.350 e. The maximum atomic E-state index is 13.0. The van der Waals surface area contributed by atoms with Gasteiger partial charge in [0.05, 0.1) is 5.69 Å². The third kappa shape index (κ3) is 4.58. The van der Waals surface area contributed by atoms with Crippen LogP contribution in [-0.4, -0.2) is 17.7 Å². The molecule has 6 nitrogen and oxygen atoms in total. The van der Waals surface area contributed by atoms with Crippen LogP contribution in [0.4, 0.5) is 17.1 Å². The van der Waals surface area contributed by atoms with E-state index in [0.29, 0.717) is 16.9 Å². The summed E-state index contributed by atoms with van der Waals surface area (Å²) < 4.78 is 0. The molecular weight excluding hydrogens is 450 g/mol. The number of rotatable bonds is 7. The first-order valence-electron chi connectivity index (χ1n) is 11.1. The number of amides is 3. The van der Waals surface area contributed by atoms with Crippen LogP contribution in [-0.2, 0) is 22.4 Å². The Hall–Kier alpha value is -3.90. The molecule has 4 rings (SSSR count). The topological polar surface area (TPSA) is 78.5 Å². The van der Waals surface area contributed by atoms with E-state index in [1.165, 1.54) is 0 Å². The number of carbonyl (C=O) groups is 3. The van der Waals surface area contributed by atoms with Crippen LogP contribution < -0.4 is 15.5 Å². The molecule has 3 amide bonds. The van der Waals surface area contributed by atoms with Crippen molar-refractivity contribution >= 4 is 46.4 Å². The standard InChI is InChI=1S/C27H24ClN3O3/c1-3-17-12-14-21(15-13-17)31-26(33)23(28)24(27(31)34)29-20-10-7-9-19(16-20)25(32)30-22-11-6-5-8-18(22)4-2/h5-16,29H,3-4H2,1-2H3,(H,30,32). The summed E-state index contributed by atoms with van der Waals surface area (Å²) in [6.45, 7) is 4.05. The van der Waals surface area contributed by atoms with E-state index in [0.717, 1.165) is 34.6 Å². The highest BCUT2D eigenvalue weighted by Gasteiger charge is 2.39. The van der Waals surface area contributed by atoms with E-state index in [1.807, 2.05) is 50.2 Å². The van der Waals surface area contributed by atoms with Gasteiger partial charge in [0.25, 0.3) is 17.7 Å². The lowest BCUT2D eigenvalue weighted by atomic mass is 10.1. The van der Waals surface area contributed by atoms with E-state index in [2.05, 4.69) is 10.6 Å². The quantitative estimate of drug-likeness (QED) is 0.444. The van der Waals surface area contributed by atoms with Gasteiger partial charge in [-0.15, -0.1) is 0 Å². The average molecular weight is 474 g/mol. The highest BCUT2D eigenvalue weighted by molar-refractivity contribution is 6.53. The predicted molar refractivity (Wildman–Crippen MR) is 135 cm³/mol. The van der Waals surface area contributed by atoms with Crippen LogP contribution in [0.25, 0.3) is 0 Å². The van der Waals surface area contributed by atoms with Crippen LogP contribution in [0.1, 0.15) is 35.3 Å². The second-order valence-corrected chi connectivity index (χ2v) is 8.20. The summed E-state index contributed by atoms with van der Waals surface area (Å²) in [6.07, 6.45) is 1.64. The number of nitrogens with one attached hydrogen (secondary N) is 2. The average Bonchev–Trinajstić information content (AvgIpc) is 3.07. The minimum absolute atomic E-state index is 0.0277.